The van der Waals surface area contributed by atoms with Crippen molar-refractivity contribution in [3.05, 3.63) is 69.5 Å². The third-order valence-electron chi connectivity index (χ3n) is 3.62. The van der Waals surface area contributed by atoms with Gasteiger partial charge in [-0.3, -0.25) is 0 Å². The van der Waals surface area contributed by atoms with Gasteiger partial charge in [-0.25, -0.2) is 4.39 Å². The second-order valence-corrected chi connectivity index (χ2v) is 5.50. The summed E-state index contributed by atoms with van der Waals surface area (Å²) in [6.45, 7) is 1.29. The van der Waals surface area contributed by atoms with Crippen molar-refractivity contribution >= 4 is 11.6 Å². The normalized spacial score (nSPS) is 15.2. The van der Waals surface area contributed by atoms with Gasteiger partial charge in [0.2, 0.25) is 0 Å². The minimum Gasteiger partial charge on any atom is -0.372 e. The van der Waals surface area contributed by atoms with Crippen LogP contribution < -0.4 is 5.73 Å². The molecular weight excluding hydrogens is 277 g/mol. The predicted octanol–water partition coefficient (Wildman–Crippen LogP) is 3.75. The van der Waals surface area contributed by atoms with Crippen LogP contribution in [0.25, 0.3) is 0 Å². The number of rotatable bonds is 3. The van der Waals surface area contributed by atoms with E-state index in [1.165, 1.54) is 17.2 Å². The molecule has 1 heterocycles. The highest BCUT2D eigenvalue weighted by atomic mass is 35.5. The van der Waals surface area contributed by atoms with E-state index in [9.17, 15) is 4.39 Å². The molecule has 0 amide bonds. The Hall–Kier alpha value is -1.42. The van der Waals surface area contributed by atoms with Gasteiger partial charge in [-0.1, -0.05) is 29.8 Å². The van der Waals surface area contributed by atoms with Gasteiger partial charge >= 0.3 is 0 Å². The molecule has 104 valence electrons. The molecule has 2 aromatic rings. The lowest BCUT2D eigenvalue weighted by atomic mass is 9.96. The summed E-state index contributed by atoms with van der Waals surface area (Å²) >= 11 is 5.90. The van der Waals surface area contributed by atoms with E-state index in [0.717, 1.165) is 5.56 Å². The van der Waals surface area contributed by atoms with E-state index in [4.69, 9.17) is 22.1 Å². The number of ether oxygens (including phenoxy) is 1. The molecule has 2 nitrogen and oxygen atoms in total. The number of hydrogen-bond donors (Lipinski definition) is 1. The molecule has 0 aromatic heterocycles. The third kappa shape index (κ3) is 2.70. The Kier molecular flexibility index (Phi) is 3.74. The maximum absolute atomic E-state index is 13.7. The minimum atomic E-state index is -0.269. The summed E-state index contributed by atoms with van der Waals surface area (Å²) < 4.78 is 19.1. The molecule has 0 saturated heterocycles. The van der Waals surface area contributed by atoms with E-state index < -0.39 is 0 Å². The second-order valence-electron chi connectivity index (χ2n) is 5.07. The van der Waals surface area contributed by atoms with Crippen LogP contribution in [0, 0.1) is 5.82 Å². The van der Waals surface area contributed by atoms with E-state index in [0.29, 0.717) is 30.2 Å². The Morgan fingerprint density at radius 3 is 2.80 bits per heavy atom. The molecular formula is C16H15ClFNO. The lowest BCUT2D eigenvalue weighted by Gasteiger charge is -2.14. The summed E-state index contributed by atoms with van der Waals surface area (Å²) in [4.78, 5) is 0. The predicted molar refractivity (Wildman–Crippen MR) is 77.0 cm³/mol. The van der Waals surface area contributed by atoms with Crippen LogP contribution in [0.4, 0.5) is 4.39 Å². The van der Waals surface area contributed by atoms with Gasteiger partial charge in [0.05, 0.1) is 13.2 Å². The Bertz CT molecular complexity index is 644. The first-order valence-corrected chi connectivity index (χ1v) is 6.90. The van der Waals surface area contributed by atoms with Gasteiger partial charge in [-0.2, -0.15) is 0 Å². The highest BCUT2D eigenvalue weighted by molar-refractivity contribution is 6.30. The minimum absolute atomic E-state index is 0.256. The van der Waals surface area contributed by atoms with Crippen molar-refractivity contribution in [2.45, 2.75) is 25.7 Å². The largest absolute Gasteiger partial charge is 0.372 e. The van der Waals surface area contributed by atoms with Crippen molar-refractivity contribution in [3.8, 4) is 0 Å². The Morgan fingerprint density at radius 2 is 1.95 bits per heavy atom. The lowest BCUT2D eigenvalue weighted by molar-refractivity contribution is 0.134. The summed E-state index contributed by atoms with van der Waals surface area (Å²) in [5.74, 6) is -0.269. The molecule has 20 heavy (non-hydrogen) atoms. The van der Waals surface area contributed by atoms with Crippen LogP contribution in [0.3, 0.4) is 0 Å². The zero-order valence-corrected chi connectivity index (χ0v) is 11.7. The first-order valence-electron chi connectivity index (χ1n) is 6.52. The summed E-state index contributed by atoms with van der Waals surface area (Å²) in [5, 5.41) is 0.524. The van der Waals surface area contributed by atoms with E-state index in [-0.39, 0.29) is 11.9 Å². The van der Waals surface area contributed by atoms with Crippen LogP contribution >= 0.6 is 11.6 Å². The Balaban J connectivity index is 1.82. The van der Waals surface area contributed by atoms with Gasteiger partial charge in [0.1, 0.15) is 5.82 Å². The number of hydrogen-bond acceptors (Lipinski definition) is 2. The standard InChI is InChI=1S/C16H15ClFNO/c17-14-3-4-15(18)12(6-14)7-16(19)10-1-2-11-8-20-9-13(11)5-10/h1-6,16H,7-9,19H2. The summed E-state index contributed by atoms with van der Waals surface area (Å²) in [7, 11) is 0. The molecule has 1 aliphatic rings. The first-order chi connectivity index (χ1) is 9.63. The summed E-state index contributed by atoms with van der Waals surface area (Å²) in [5.41, 5.74) is 10.1. The first kappa shape index (κ1) is 13.6. The van der Waals surface area contributed by atoms with E-state index in [1.54, 1.807) is 12.1 Å². The molecule has 0 saturated carbocycles. The molecule has 0 radical (unpaired) electrons. The lowest BCUT2D eigenvalue weighted by Crippen LogP contribution is -2.14. The zero-order chi connectivity index (χ0) is 14.1. The fourth-order valence-electron chi connectivity index (χ4n) is 2.48. The fraction of sp³-hybridized carbons (Fsp3) is 0.250. The van der Waals surface area contributed by atoms with Crippen LogP contribution in [-0.4, -0.2) is 0 Å². The van der Waals surface area contributed by atoms with Crippen molar-refractivity contribution in [1.29, 1.82) is 0 Å². The van der Waals surface area contributed by atoms with Gasteiger partial charge < -0.3 is 10.5 Å². The summed E-state index contributed by atoms with van der Waals surface area (Å²) in [6, 6.07) is 10.4. The molecule has 2 N–H and O–H groups in total. The quantitative estimate of drug-likeness (QED) is 0.935. The van der Waals surface area contributed by atoms with Gasteiger partial charge in [0.25, 0.3) is 0 Å². The molecule has 0 bridgehead atoms. The molecule has 1 unspecified atom stereocenters. The number of benzene rings is 2. The molecule has 2 aromatic carbocycles. The van der Waals surface area contributed by atoms with Crippen molar-refractivity contribution in [3.63, 3.8) is 0 Å². The van der Waals surface area contributed by atoms with Gasteiger partial charge in [0, 0.05) is 11.1 Å². The number of fused-ring (bicyclic) bond motifs is 1. The highest BCUT2D eigenvalue weighted by Gasteiger charge is 2.15. The zero-order valence-electron chi connectivity index (χ0n) is 10.9. The van der Waals surface area contributed by atoms with E-state index in [2.05, 4.69) is 6.07 Å². The molecule has 1 atom stereocenters. The molecule has 3 rings (SSSR count). The molecule has 1 aliphatic heterocycles. The van der Waals surface area contributed by atoms with Gasteiger partial charge in [0.15, 0.2) is 0 Å². The Labute approximate surface area is 122 Å². The average molecular weight is 292 g/mol. The summed E-state index contributed by atoms with van der Waals surface area (Å²) in [6.07, 6.45) is 0.423. The van der Waals surface area contributed by atoms with Crippen LogP contribution in [0.15, 0.2) is 36.4 Å². The molecule has 0 spiro atoms. The van der Waals surface area contributed by atoms with E-state index in [1.807, 2.05) is 12.1 Å². The topological polar surface area (TPSA) is 35.2 Å². The number of halogens is 2. The van der Waals surface area contributed by atoms with Crippen LogP contribution in [0.2, 0.25) is 5.02 Å². The molecule has 0 aliphatic carbocycles. The van der Waals surface area contributed by atoms with Crippen LogP contribution in [-0.2, 0) is 24.4 Å². The van der Waals surface area contributed by atoms with E-state index >= 15 is 0 Å². The van der Waals surface area contributed by atoms with Crippen molar-refractivity contribution in [1.82, 2.24) is 0 Å². The maximum atomic E-state index is 13.7. The third-order valence-corrected chi connectivity index (χ3v) is 3.86. The van der Waals surface area contributed by atoms with Gasteiger partial charge in [-0.05, 0) is 46.9 Å². The second kappa shape index (κ2) is 5.52. The van der Waals surface area contributed by atoms with Crippen molar-refractivity contribution < 1.29 is 9.13 Å². The Morgan fingerprint density at radius 1 is 1.15 bits per heavy atom. The van der Waals surface area contributed by atoms with Crippen LogP contribution in [0.5, 0.6) is 0 Å². The monoisotopic (exact) mass is 291 g/mol. The molecule has 4 heteroatoms. The highest BCUT2D eigenvalue weighted by Crippen LogP contribution is 2.26. The smallest absolute Gasteiger partial charge is 0.126 e. The number of nitrogens with two attached hydrogens (primary N) is 1. The SMILES string of the molecule is NC(Cc1cc(Cl)ccc1F)c1ccc2c(c1)COC2. The fourth-order valence-corrected chi connectivity index (χ4v) is 2.67. The van der Waals surface area contributed by atoms with Gasteiger partial charge in [-0.15, -0.1) is 0 Å². The molecule has 0 fully saturated rings. The van der Waals surface area contributed by atoms with Crippen molar-refractivity contribution in [2.75, 3.05) is 0 Å². The maximum Gasteiger partial charge on any atom is 0.126 e. The van der Waals surface area contributed by atoms with Crippen LogP contribution in [0.1, 0.15) is 28.3 Å². The van der Waals surface area contributed by atoms with Crippen molar-refractivity contribution in [2.24, 2.45) is 5.73 Å². The average Bonchev–Trinajstić information content (AvgIpc) is 2.90.